The molecule has 1 unspecified atom stereocenters. The molecule has 0 bridgehead atoms. The molecule has 0 saturated carbocycles. The first kappa shape index (κ1) is 19.1. The highest BCUT2D eigenvalue weighted by Crippen LogP contribution is 2.24. The molecule has 2 amide bonds. The average molecular weight is 368 g/mol. The van der Waals surface area contributed by atoms with Gasteiger partial charge in [0.2, 0.25) is 0 Å². The van der Waals surface area contributed by atoms with Crippen LogP contribution in [0.3, 0.4) is 0 Å². The summed E-state index contributed by atoms with van der Waals surface area (Å²) >= 11 is 0. The standard InChI is InChI=1S/C21H28N4O2/c1-5-15(4)22-21(27)19-23-18(16-11-6-7-12-25(16)19)20(26)24-17-13(2)9-8-10-14(17)3/h8-10,15H,5-7,11-12H2,1-4H3,(H,22,27)(H,24,26). The van der Waals surface area contributed by atoms with E-state index in [1.807, 2.05) is 50.5 Å². The van der Waals surface area contributed by atoms with Crippen molar-refractivity contribution < 1.29 is 9.59 Å². The van der Waals surface area contributed by atoms with Crippen LogP contribution in [0.5, 0.6) is 0 Å². The van der Waals surface area contributed by atoms with Gasteiger partial charge in [-0.2, -0.15) is 0 Å². The van der Waals surface area contributed by atoms with E-state index in [-0.39, 0.29) is 17.9 Å². The van der Waals surface area contributed by atoms with Crippen LogP contribution >= 0.6 is 0 Å². The summed E-state index contributed by atoms with van der Waals surface area (Å²) in [6.45, 7) is 8.65. The Bertz CT molecular complexity index is 849. The van der Waals surface area contributed by atoms with Gasteiger partial charge in [0, 0.05) is 18.3 Å². The fourth-order valence-corrected chi connectivity index (χ4v) is 3.47. The molecule has 1 aliphatic rings. The lowest BCUT2D eigenvalue weighted by Crippen LogP contribution is -2.34. The maximum Gasteiger partial charge on any atom is 0.287 e. The van der Waals surface area contributed by atoms with Gasteiger partial charge in [0.1, 0.15) is 0 Å². The van der Waals surface area contributed by atoms with Crippen LogP contribution in [0, 0.1) is 13.8 Å². The SMILES string of the molecule is CCC(C)NC(=O)c1nc(C(=O)Nc2c(C)cccc2C)c2n1CCCC2. The van der Waals surface area contributed by atoms with Crippen molar-refractivity contribution in [3.05, 3.63) is 46.5 Å². The van der Waals surface area contributed by atoms with Crippen molar-refractivity contribution in [3.63, 3.8) is 0 Å². The molecule has 1 aromatic carbocycles. The molecule has 0 fully saturated rings. The van der Waals surface area contributed by atoms with Crippen molar-refractivity contribution in [2.45, 2.75) is 66.0 Å². The number of hydrogen-bond donors (Lipinski definition) is 2. The van der Waals surface area contributed by atoms with Gasteiger partial charge >= 0.3 is 0 Å². The van der Waals surface area contributed by atoms with E-state index in [9.17, 15) is 9.59 Å². The van der Waals surface area contributed by atoms with Crippen molar-refractivity contribution >= 4 is 17.5 Å². The lowest BCUT2D eigenvalue weighted by atomic mass is 10.1. The van der Waals surface area contributed by atoms with Crippen molar-refractivity contribution in [3.8, 4) is 0 Å². The zero-order valence-electron chi connectivity index (χ0n) is 16.6. The largest absolute Gasteiger partial charge is 0.347 e. The van der Waals surface area contributed by atoms with Gasteiger partial charge < -0.3 is 15.2 Å². The minimum absolute atomic E-state index is 0.0703. The number of nitrogens with one attached hydrogen (secondary N) is 2. The van der Waals surface area contributed by atoms with Crippen LogP contribution < -0.4 is 10.6 Å². The molecule has 1 aliphatic heterocycles. The number of amides is 2. The monoisotopic (exact) mass is 368 g/mol. The van der Waals surface area contributed by atoms with E-state index in [1.165, 1.54) is 0 Å². The number of carbonyl (C=O) groups excluding carboxylic acids is 2. The van der Waals surface area contributed by atoms with E-state index in [0.717, 1.165) is 54.7 Å². The van der Waals surface area contributed by atoms with Crippen LogP contribution in [0.25, 0.3) is 0 Å². The van der Waals surface area contributed by atoms with E-state index in [4.69, 9.17) is 0 Å². The predicted octanol–water partition coefficient (Wildman–Crippen LogP) is 3.62. The molecule has 27 heavy (non-hydrogen) atoms. The number of benzene rings is 1. The quantitative estimate of drug-likeness (QED) is 0.846. The Hall–Kier alpha value is -2.63. The van der Waals surface area contributed by atoms with Crippen LogP contribution in [0.15, 0.2) is 18.2 Å². The Labute approximate surface area is 160 Å². The van der Waals surface area contributed by atoms with Crippen molar-refractivity contribution in [1.82, 2.24) is 14.9 Å². The van der Waals surface area contributed by atoms with Gasteiger partial charge in [0.25, 0.3) is 11.8 Å². The summed E-state index contributed by atoms with van der Waals surface area (Å²) in [6, 6.07) is 5.98. The molecule has 0 aliphatic carbocycles. The van der Waals surface area contributed by atoms with Gasteiger partial charge in [-0.05, 0) is 57.6 Å². The second kappa shape index (κ2) is 7.94. The van der Waals surface area contributed by atoms with E-state index < -0.39 is 0 Å². The minimum Gasteiger partial charge on any atom is -0.347 e. The van der Waals surface area contributed by atoms with Crippen LogP contribution in [0.4, 0.5) is 5.69 Å². The van der Waals surface area contributed by atoms with E-state index in [0.29, 0.717) is 11.5 Å². The summed E-state index contributed by atoms with van der Waals surface area (Å²) in [4.78, 5) is 30.1. The molecular weight excluding hydrogens is 340 g/mol. The molecule has 6 nitrogen and oxygen atoms in total. The number of para-hydroxylation sites is 1. The molecule has 0 radical (unpaired) electrons. The van der Waals surface area contributed by atoms with Crippen LogP contribution in [-0.2, 0) is 13.0 Å². The number of imidazole rings is 1. The number of aromatic nitrogens is 2. The minimum atomic E-state index is -0.249. The Morgan fingerprint density at radius 1 is 1.19 bits per heavy atom. The summed E-state index contributed by atoms with van der Waals surface area (Å²) in [7, 11) is 0. The van der Waals surface area contributed by atoms with Crippen molar-refractivity contribution in [2.24, 2.45) is 0 Å². The molecule has 2 N–H and O–H groups in total. The number of aryl methyl sites for hydroxylation is 2. The summed E-state index contributed by atoms with van der Waals surface area (Å²) in [5, 5.41) is 5.96. The first-order valence-corrected chi connectivity index (χ1v) is 9.70. The van der Waals surface area contributed by atoms with Crippen LogP contribution in [-0.4, -0.2) is 27.4 Å². The normalized spacial score (nSPS) is 14.4. The van der Waals surface area contributed by atoms with Gasteiger partial charge in [-0.15, -0.1) is 0 Å². The fourth-order valence-electron chi connectivity index (χ4n) is 3.47. The highest BCUT2D eigenvalue weighted by molar-refractivity contribution is 6.05. The summed E-state index contributed by atoms with van der Waals surface area (Å²) in [5.41, 5.74) is 4.05. The van der Waals surface area contributed by atoms with Gasteiger partial charge in [-0.25, -0.2) is 4.98 Å². The zero-order valence-corrected chi connectivity index (χ0v) is 16.6. The highest BCUT2D eigenvalue weighted by Gasteiger charge is 2.28. The predicted molar refractivity (Wildman–Crippen MR) is 106 cm³/mol. The second-order valence-electron chi connectivity index (χ2n) is 7.34. The number of carbonyl (C=O) groups is 2. The molecule has 6 heteroatoms. The van der Waals surface area contributed by atoms with Crippen molar-refractivity contribution in [1.29, 1.82) is 0 Å². The Morgan fingerprint density at radius 3 is 2.56 bits per heavy atom. The summed E-state index contributed by atoms with van der Waals surface area (Å²) in [6.07, 6.45) is 3.60. The molecular formula is C21H28N4O2. The molecule has 0 saturated heterocycles. The molecule has 1 atom stereocenters. The first-order valence-electron chi connectivity index (χ1n) is 9.70. The third-order valence-corrected chi connectivity index (χ3v) is 5.25. The lowest BCUT2D eigenvalue weighted by Gasteiger charge is -2.18. The number of nitrogens with zero attached hydrogens (tertiary/aromatic N) is 2. The van der Waals surface area contributed by atoms with Gasteiger partial charge in [-0.3, -0.25) is 9.59 Å². The number of hydrogen-bond acceptors (Lipinski definition) is 3. The summed E-state index contributed by atoms with van der Waals surface area (Å²) < 4.78 is 1.92. The zero-order chi connectivity index (χ0) is 19.6. The van der Waals surface area contributed by atoms with Crippen LogP contribution in [0.2, 0.25) is 0 Å². The molecule has 144 valence electrons. The Kier molecular flexibility index (Phi) is 5.63. The number of rotatable bonds is 5. The topological polar surface area (TPSA) is 76.0 Å². The molecule has 2 heterocycles. The summed E-state index contributed by atoms with van der Waals surface area (Å²) in [5.74, 6) is -0.115. The Morgan fingerprint density at radius 2 is 1.89 bits per heavy atom. The number of anilines is 1. The van der Waals surface area contributed by atoms with Gasteiger partial charge in [-0.1, -0.05) is 25.1 Å². The maximum absolute atomic E-state index is 13.0. The highest BCUT2D eigenvalue weighted by atomic mass is 16.2. The van der Waals surface area contributed by atoms with Crippen LogP contribution in [0.1, 0.15) is 71.0 Å². The molecule has 3 rings (SSSR count). The lowest BCUT2D eigenvalue weighted by molar-refractivity contribution is 0.0923. The second-order valence-corrected chi connectivity index (χ2v) is 7.34. The smallest absolute Gasteiger partial charge is 0.287 e. The van der Waals surface area contributed by atoms with E-state index >= 15 is 0 Å². The van der Waals surface area contributed by atoms with Gasteiger partial charge in [0.05, 0.1) is 5.69 Å². The molecule has 1 aromatic heterocycles. The van der Waals surface area contributed by atoms with Crippen molar-refractivity contribution in [2.75, 3.05) is 5.32 Å². The fraction of sp³-hybridized carbons (Fsp3) is 0.476. The Balaban J connectivity index is 1.93. The first-order chi connectivity index (χ1) is 12.9. The number of fused-ring (bicyclic) bond motifs is 1. The van der Waals surface area contributed by atoms with E-state index in [2.05, 4.69) is 15.6 Å². The van der Waals surface area contributed by atoms with Gasteiger partial charge in [0.15, 0.2) is 11.5 Å². The van der Waals surface area contributed by atoms with E-state index in [1.54, 1.807) is 0 Å². The average Bonchev–Trinajstić information content (AvgIpc) is 3.04. The third kappa shape index (κ3) is 3.89. The molecule has 2 aromatic rings. The third-order valence-electron chi connectivity index (χ3n) is 5.25. The maximum atomic E-state index is 13.0. The molecule has 0 spiro atoms.